The molecule has 7 heteroatoms. The molecule has 0 radical (unpaired) electrons. The average Bonchev–Trinajstić information content (AvgIpc) is 3.99. The zero-order chi connectivity index (χ0) is 37.5. The van der Waals surface area contributed by atoms with E-state index in [1.807, 2.05) is 78.9 Å². The lowest BCUT2D eigenvalue weighted by atomic mass is 9.91. The maximum Gasteiger partial charge on any atom is 0.164 e. The average molecular weight is 749 g/mol. The van der Waals surface area contributed by atoms with Gasteiger partial charge in [0.1, 0.15) is 27.3 Å². The fraction of sp³-hybridized carbons (Fsp3) is 0. The number of hydrogen-bond donors (Lipinski definition) is 0. The van der Waals surface area contributed by atoms with E-state index in [4.69, 9.17) is 28.8 Å². The van der Waals surface area contributed by atoms with Gasteiger partial charge in [0, 0.05) is 55.4 Å². The van der Waals surface area contributed by atoms with Gasteiger partial charge in [-0.1, -0.05) is 140 Å². The predicted molar refractivity (Wildman–Crippen MR) is 232 cm³/mol. The largest absolute Gasteiger partial charge is 0.456 e. The molecule has 57 heavy (non-hydrogen) atoms. The highest BCUT2D eigenvalue weighted by Crippen LogP contribution is 2.47. The van der Waals surface area contributed by atoms with Crippen molar-refractivity contribution in [2.24, 2.45) is 0 Å². The third-order valence-electron chi connectivity index (χ3n) is 10.8. The summed E-state index contributed by atoms with van der Waals surface area (Å²) in [6.45, 7) is 0. The van der Waals surface area contributed by atoms with E-state index in [9.17, 15) is 0 Å². The molecule has 0 aliphatic rings. The van der Waals surface area contributed by atoms with Gasteiger partial charge >= 0.3 is 0 Å². The second-order valence-corrected chi connectivity index (χ2v) is 15.1. The molecule has 6 nitrogen and oxygen atoms in total. The van der Waals surface area contributed by atoms with Gasteiger partial charge in [0.05, 0.1) is 10.2 Å². The van der Waals surface area contributed by atoms with Crippen molar-refractivity contribution >= 4 is 76.2 Å². The lowest BCUT2D eigenvalue weighted by Crippen LogP contribution is -2.01. The lowest BCUT2D eigenvalue weighted by Gasteiger charge is -2.14. The maximum atomic E-state index is 6.55. The van der Waals surface area contributed by atoms with Crippen LogP contribution in [0.1, 0.15) is 0 Å². The summed E-state index contributed by atoms with van der Waals surface area (Å²) in [5.74, 6) is 1.76. The number of nitrogens with zero attached hydrogens (tertiary/aromatic N) is 4. The van der Waals surface area contributed by atoms with Crippen molar-refractivity contribution in [3.63, 3.8) is 0 Å². The van der Waals surface area contributed by atoms with Crippen molar-refractivity contribution in [1.82, 2.24) is 19.9 Å². The Hall–Kier alpha value is -7.48. The van der Waals surface area contributed by atoms with E-state index < -0.39 is 0 Å². The van der Waals surface area contributed by atoms with Crippen LogP contribution in [-0.4, -0.2) is 19.9 Å². The first-order valence-corrected chi connectivity index (χ1v) is 19.6. The molecule has 266 valence electrons. The first-order chi connectivity index (χ1) is 28.2. The molecule has 0 spiro atoms. The standard InChI is InChI=1S/C50H28N4O2S/c1-3-14-29(15-4-1)47-52-48(54-49(53-47)37-22-13-25-40-43(37)35-20-9-11-23-38(35)55-40)34-27-26-33(31-18-7-8-19-32(31)34)45-44-36-21-10-12-24-39(36)56-41(44)28-42-46(45)51-50(57-42)30-16-5-2-6-17-30/h1-28H. The molecule has 0 aliphatic carbocycles. The van der Waals surface area contributed by atoms with Gasteiger partial charge in [0.25, 0.3) is 0 Å². The van der Waals surface area contributed by atoms with E-state index in [-0.39, 0.29) is 0 Å². The minimum atomic E-state index is 0.580. The quantitative estimate of drug-likeness (QED) is 0.174. The molecule has 4 aromatic heterocycles. The fourth-order valence-corrected chi connectivity index (χ4v) is 9.25. The number of para-hydroxylation sites is 2. The van der Waals surface area contributed by atoms with Crippen LogP contribution in [0.4, 0.5) is 0 Å². The Morgan fingerprint density at radius 2 is 0.912 bits per heavy atom. The summed E-state index contributed by atoms with van der Waals surface area (Å²) in [7, 11) is 0. The zero-order valence-electron chi connectivity index (χ0n) is 30.2. The summed E-state index contributed by atoms with van der Waals surface area (Å²) in [4.78, 5) is 20.9. The molecule has 0 N–H and O–H groups in total. The Balaban J connectivity index is 1.13. The first-order valence-electron chi connectivity index (χ1n) is 18.8. The van der Waals surface area contributed by atoms with Crippen LogP contribution in [0.15, 0.2) is 179 Å². The highest BCUT2D eigenvalue weighted by Gasteiger charge is 2.24. The van der Waals surface area contributed by atoms with Crippen LogP contribution in [0.5, 0.6) is 0 Å². The Kier molecular flexibility index (Phi) is 7.00. The van der Waals surface area contributed by atoms with Crippen molar-refractivity contribution in [1.29, 1.82) is 0 Å². The number of rotatable bonds is 5. The minimum Gasteiger partial charge on any atom is -0.456 e. The van der Waals surface area contributed by atoms with Crippen molar-refractivity contribution in [2.75, 3.05) is 0 Å². The van der Waals surface area contributed by atoms with Gasteiger partial charge < -0.3 is 8.83 Å². The molecule has 0 aliphatic heterocycles. The monoisotopic (exact) mass is 748 g/mol. The normalized spacial score (nSPS) is 11.9. The lowest BCUT2D eigenvalue weighted by molar-refractivity contribution is 0.669. The number of fused-ring (bicyclic) bond motifs is 8. The highest BCUT2D eigenvalue weighted by molar-refractivity contribution is 7.21. The van der Waals surface area contributed by atoms with E-state index in [1.165, 1.54) is 0 Å². The second kappa shape index (κ2) is 12.5. The molecule has 0 unspecified atom stereocenters. The predicted octanol–water partition coefficient (Wildman–Crippen LogP) is 13.8. The van der Waals surface area contributed by atoms with E-state index in [1.54, 1.807) is 11.3 Å². The first kappa shape index (κ1) is 31.8. The van der Waals surface area contributed by atoms with Gasteiger partial charge in [-0.25, -0.2) is 19.9 Å². The summed E-state index contributed by atoms with van der Waals surface area (Å²) in [5, 5.41) is 7.16. The SMILES string of the molecule is c1ccc(-c2nc(-c3ccc(-c4c5nc(-c6ccccc6)sc5cc5oc6ccccc6c45)c4ccccc34)nc(-c3cccc4oc5ccccc5c34)n2)cc1. The summed E-state index contributed by atoms with van der Waals surface area (Å²) in [5.41, 5.74) is 10.2. The van der Waals surface area contributed by atoms with Crippen LogP contribution < -0.4 is 0 Å². The summed E-state index contributed by atoms with van der Waals surface area (Å²) < 4.78 is 13.9. The van der Waals surface area contributed by atoms with Crippen molar-refractivity contribution in [2.45, 2.75) is 0 Å². The van der Waals surface area contributed by atoms with Gasteiger partial charge in [0.15, 0.2) is 17.5 Å². The molecule has 12 rings (SSSR count). The number of aromatic nitrogens is 4. The molecule has 0 saturated carbocycles. The maximum absolute atomic E-state index is 6.55. The summed E-state index contributed by atoms with van der Waals surface area (Å²) >= 11 is 1.69. The van der Waals surface area contributed by atoms with Crippen molar-refractivity contribution < 1.29 is 8.83 Å². The van der Waals surface area contributed by atoms with Crippen LogP contribution in [-0.2, 0) is 0 Å². The van der Waals surface area contributed by atoms with E-state index in [0.717, 1.165) is 103 Å². The van der Waals surface area contributed by atoms with Crippen LogP contribution in [0.3, 0.4) is 0 Å². The number of hydrogen-bond acceptors (Lipinski definition) is 7. The van der Waals surface area contributed by atoms with E-state index in [0.29, 0.717) is 17.5 Å². The van der Waals surface area contributed by atoms with Gasteiger partial charge in [-0.3, -0.25) is 0 Å². The number of furan rings is 2. The molecule has 8 aromatic carbocycles. The van der Waals surface area contributed by atoms with Crippen LogP contribution in [0.2, 0.25) is 0 Å². The van der Waals surface area contributed by atoms with Crippen molar-refractivity contribution in [3.05, 3.63) is 170 Å². The minimum absolute atomic E-state index is 0.580. The van der Waals surface area contributed by atoms with Crippen LogP contribution in [0, 0.1) is 0 Å². The third kappa shape index (κ3) is 5.03. The number of thiazole rings is 1. The molecule has 0 amide bonds. The van der Waals surface area contributed by atoms with Crippen LogP contribution >= 0.6 is 11.3 Å². The molecule has 0 fully saturated rings. The summed E-state index contributed by atoms with van der Waals surface area (Å²) in [6, 6.07) is 57.9. The molecule has 4 heterocycles. The highest BCUT2D eigenvalue weighted by atomic mass is 32.1. The Morgan fingerprint density at radius 3 is 1.65 bits per heavy atom. The molecule has 0 bridgehead atoms. The van der Waals surface area contributed by atoms with E-state index in [2.05, 4.69) is 91.0 Å². The van der Waals surface area contributed by atoms with Gasteiger partial charge in [-0.05, 0) is 40.6 Å². The Morgan fingerprint density at radius 1 is 0.368 bits per heavy atom. The third-order valence-corrected chi connectivity index (χ3v) is 11.8. The molecule has 0 atom stereocenters. The van der Waals surface area contributed by atoms with Gasteiger partial charge in [0.2, 0.25) is 0 Å². The molecular weight excluding hydrogens is 721 g/mol. The second-order valence-electron chi connectivity index (χ2n) is 14.1. The fourth-order valence-electron chi connectivity index (χ4n) is 8.24. The molecular formula is C50H28N4O2S. The van der Waals surface area contributed by atoms with Gasteiger partial charge in [-0.2, -0.15) is 0 Å². The smallest absolute Gasteiger partial charge is 0.164 e. The van der Waals surface area contributed by atoms with Gasteiger partial charge in [-0.15, -0.1) is 11.3 Å². The zero-order valence-corrected chi connectivity index (χ0v) is 31.0. The molecule has 12 aromatic rings. The Bertz CT molecular complexity index is 3530. The van der Waals surface area contributed by atoms with Crippen LogP contribution in [0.25, 0.3) is 121 Å². The topological polar surface area (TPSA) is 77.8 Å². The molecule has 0 saturated heterocycles. The van der Waals surface area contributed by atoms with E-state index >= 15 is 0 Å². The number of benzene rings is 8. The van der Waals surface area contributed by atoms with Crippen molar-refractivity contribution in [3.8, 4) is 55.9 Å². The Labute approximate surface area is 329 Å². The summed E-state index contributed by atoms with van der Waals surface area (Å²) in [6.07, 6.45) is 0.